The van der Waals surface area contributed by atoms with E-state index in [1.165, 1.54) is 4.90 Å². The number of amides is 2. The predicted octanol–water partition coefficient (Wildman–Crippen LogP) is 0.243. The number of hydrogen-bond donors (Lipinski definition) is 2. The molecule has 5 nitrogen and oxygen atoms in total. The van der Waals surface area contributed by atoms with Crippen molar-refractivity contribution in [3.05, 3.63) is 0 Å². The van der Waals surface area contributed by atoms with Gasteiger partial charge in [0.15, 0.2) is 0 Å². The van der Waals surface area contributed by atoms with E-state index in [-0.39, 0.29) is 17.4 Å². The molecule has 2 amide bonds. The van der Waals surface area contributed by atoms with Crippen molar-refractivity contribution in [2.45, 2.75) is 44.1 Å². The predicted molar refractivity (Wildman–Crippen MR) is 66.3 cm³/mol. The highest BCUT2D eigenvalue weighted by atomic mass is 16.2. The van der Waals surface area contributed by atoms with Crippen LogP contribution in [0.4, 0.5) is 0 Å². The second-order valence-corrected chi connectivity index (χ2v) is 5.13. The highest BCUT2D eigenvalue weighted by Gasteiger charge is 2.31. The molecule has 0 aromatic rings. The maximum Gasteiger partial charge on any atom is 0.223 e. The molecule has 3 N–H and O–H groups in total. The molecule has 1 fully saturated rings. The minimum absolute atomic E-state index is 0.0219. The van der Waals surface area contributed by atoms with E-state index < -0.39 is 0 Å². The lowest BCUT2D eigenvalue weighted by Gasteiger charge is -2.22. The van der Waals surface area contributed by atoms with Crippen molar-refractivity contribution < 1.29 is 9.59 Å². The fourth-order valence-electron chi connectivity index (χ4n) is 2.17. The molecule has 17 heavy (non-hydrogen) atoms. The van der Waals surface area contributed by atoms with E-state index in [1.54, 1.807) is 14.1 Å². The van der Waals surface area contributed by atoms with Gasteiger partial charge in [0.25, 0.3) is 0 Å². The zero-order chi connectivity index (χ0) is 12.9. The van der Waals surface area contributed by atoms with Crippen molar-refractivity contribution in [1.29, 1.82) is 0 Å². The van der Waals surface area contributed by atoms with Gasteiger partial charge < -0.3 is 16.0 Å². The zero-order valence-corrected chi connectivity index (χ0v) is 10.8. The van der Waals surface area contributed by atoms with Gasteiger partial charge in [-0.2, -0.15) is 0 Å². The zero-order valence-electron chi connectivity index (χ0n) is 10.8. The minimum Gasteiger partial charge on any atom is -0.356 e. The molecule has 98 valence electrons. The fraction of sp³-hybridized carbons (Fsp3) is 0.833. The SMILES string of the molecule is CN(C)C(=O)CCNC(=O)CC1(N)CCCC1. The molecule has 1 saturated carbocycles. The molecule has 0 aromatic carbocycles. The lowest BCUT2D eigenvalue weighted by Crippen LogP contribution is -2.42. The van der Waals surface area contributed by atoms with E-state index in [2.05, 4.69) is 5.32 Å². The van der Waals surface area contributed by atoms with Crippen LogP contribution in [0, 0.1) is 0 Å². The number of carbonyl (C=O) groups is 2. The molecule has 1 rings (SSSR count). The Kier molecular flexibility index (Phi) is 4.93. The first kappa shape index (κ1) is 14.0. The summed E-state index contributed by atoms with van der Waals surface area (Å²) in [6.07, 6.45) is 4.80. The van der Waals surface area contributed by atoms with Gasteiger partial charge in [-0.25, -0.2) is 0 Å². The molecular formula is C12H23N3O2. The summed E-state index contributed by atoms with van der Waals surface area (Å²) >= 11 is 0. The monoisotopic (exact) mass is 241 g/mol. The second-order valence-electron chi connectivity index (χ2n) is 5.13. The Balaban J connectivity index is 2.19. The third-order valence-corrected chi connectivity index (χ3v) is 3.27. The van der Waals surface area contributed by atoms with E-state index in [0.29, 0.717) is 19.4 Å². The number of hydrogen-bond acceptors (Lipinski definition) is 3. The molecule has 5 heteroatoms. The maximum absolute atomic E-state index is 11.6. The van der Waals surface area contributed by atoms with Gasteiger partial charge in [-0.3, -0.25) is 9.59 Å². The Bertz CT molecular complexity index is 283. The summed E-state index contributed by atoms with van der Waals surface area (Å²) in [5.74, 6) is -0.0189. The summed E-state index contributed by atoms with van der Waals surface area (Å²) in [5.41, 5.74) is 5.79. The van der Waals surface area contributed by atoms with E-state index in [9.17, 15) is 9.59 Å². The van der Waals surface area contributed by atoms with Crippen molar-refractivity contribution in [3.8, 4) is 0 Å². The molecule has 0 heterocycles. The third kappa shape index (κ3) is 4.73. The van der Waals surface area contributed by atoms with Crippen LogP contribution in [-0.2, 0) is 9.59 Å². The van der Waals surface area contributed by atoms with E-state index >= 15 is 0 Å². The quantitative estimate of drug-likeness (QED) is 0.724. The van der Waals surface area contributed by atoms with Crippen LogP contribution in [0.2, 0.25) is 0 Å². The lowest BCUT2D eigenvalue weighted by atomic mass is 9.94. The Morgan fingerprint density at radius 1 is 1.29 bits per heavy atom. The smallest absolute Gasteiger partial charge is 0.223 e. The average Bonchev–Trinajstić information content (AvgIpc) is 2.64. The van der Waals surface area contributed by atoms with E-state index in [4.69, 9.17) is 5.73 Å². The third-order valence-electron chi connectivity index (χ3n) is 3.27. The highest BCUT2D eigenvalue weighted by Crippen LogP contribution is 2.29. The van der Waals surface area contributed by atoms with Gasteiger partial charge in [-0.1, -0.05) is 12.8 Å². The van der Waals surface area contributed by atoms with Gasteiger partial charge >= 0.3 is 0 Å². The molecule has 1 aliphatic rings. The van der Waals surface area contributed by atoms with Crippen LogP contribution in [-0.4, -0.2) is 42.9 Å². The summed E-state index contributed by atoms with van der Waals surface area (Å²) in [6.45, 7) is 0.395. The number of carbonyl (C=O) groups excluding carboxylic acids is 2. The Morgan fingerprint density at radius 2 is 1.88 bits per heavy atom. The van der Waals surface area contributed by atoms with Crippen molar-refractivity contribution in [2.24, 2.45) is 5.73 Å². The van der Waals surface area contributed by atoms with Crippen molar-refractivity contribution in [2.75, 3.05) is 20.6 Å². The first-order chi connectivity index (χ1) is 7.93. The topological polar surface area (TPSA) is 75.4 Å². The van der Waals surface area contributed by atoms with Crippen molar-refractivity contribution in [1.82, 2.24) is 10.2 Å². The minimum atomic E-state index is -0.310. The summed E-state index contributed by atoms with van der Waals surface area (Å²) in [4.78, 5) is 24.4. The van der Waals surface area contributed by atoms with Crippen LogP contribution < -0.4 is 11.1 Å². The molecule has 0 aromatic heterocycles. The molecule has 1 aliphatic carbocycles. The summed E-state index contributed by atoms with van der Waals surface area (Å²) < 4.78 is 0. The van der Waals surface area contributed by atoms with Gasteiger partial charge in [0, 0.05) is 39.0 Å². The van der Waals surface area contributed by atoms with Crippen LogP contribution >= 0.6 is 0 Å². The fourth-order valence-corrected chi connectivity index (χ4v) is 2.17. The largest absolute Gasteiger partial charge is 0.356 e. The summed E-state index contributed by atoms with van der Waals surface area (Å²) in [6, 6.07) is 0. The number of rotatable bonds is 5. The number of nitrogens with two attached hydrogens (primary N) is 1. The van der Waals surface area contributed by atoms with Crippen LogP contribution in [0.1, 0.15) is 38.5 Å². The Labute approximate surface area is 103 Å². The van der Waals surface area contributed by atoms with Gasteiger partial charge in [-0.05, 0) is 12.8 Å². The van der Waals surface area contributed by atoms with Gasteiger partial charge in [0.05, 0.1) is 0 Å². The van der Waals surface area contributed by atoms with Gasteiger partial charge in [0.2, 0.25) is 11.8 Å². The molecule has 0 atom stereocenters. The summed E-state index contributed by atoms with van der Waals surface area (Å²) in [5, 5.41) is 2.75. The average molecular weight is 241 g/mol. The Morgan fingerprint density at radius 3 is 2.41 bits per heavy atom. The molecule has 0 unspecified atom stereocenters. The molecule has 0 radical (unpaired) electrons. The van der Waals surface area contributed by atoms with Crippen molar-refractivity contribution >= 4 is 11.8 Å². The van der Waals surface area contributed by atoms with Gasteiger partial charge in [-0.15, -0.1) is 0 Å². The van der Waals surface area contributed by atoms with Gasteiger partial charge in [0.1, 0.15) is 0 Å². The maximum atomic E-state index is 11.6. The van der Waals surface area contributed by atoms with Crippen LogP contribution in [0.3, 0.4) is 0 Å². The summed E-state index contributed by atoms with van der Waals surface area (Å²) in [7, 11) is 3.41. The van der Waals surface area contributed by atoms with E-state index in [0.717, 1.165) is 25.7 Å². The standard InChI is InChI=1S/C12H23N3O2/c1-15(2)11(17)5-8-14-10(16)9-12(13)6-3-4-7-12/h3-9,13H2,1-2H3,(H,14,16). The highest BCUT2D eigenvalue weighted by molar-refractivity contribution is 5.79. The number of nitrogens with zero attached hydrogens (tertiary/aromatic N) is 1. The van der Waals surface area contributed by atoms with E-state index in [1.807, 2.05) is 0 Å². The molecular weight excluding hydrogens is 218 g/mol. The normalized spacial score (nSPS) is 17.8. The Hall–Kier alpha value is -1.10. The molecule has 0 saturated heterocycles. The molecule has 0 spiro atoms. The molecule has 0 aliphatic heterocycles. The van der Waals surface area contributed by atoms with Crippen LogP contribution in [0.5, 0.6) is 0 Å². The van der Waals surface area contributed by atoms with Crippen molar-refractivity contribution in [3.63, 3.8) is 0 Å². The first-order valence-electron chi connectivity index (χ1n) is 6.19. The van der Waals surface area contributed by atoms with Crippen LogP contribution in [0.25, 0.3) is 0 Å². The van der Waals surface area contributed by atoms with Crippen LogP contribution in [0.15, 0.2) is 0 Å². The molecule has 0 bridgehead atoms. The second kappa shape index (κ2) is 6.00. The number of nitrogens with one attached hydrogen (secondary N) is 1. The lowest BCUT2D eigenvalue weighted by molar-refractivity contribution is -0.128. The first-order valence-corrected chi connectivity index (χ1v) is 6.19.